The Bertz CT molecular complexity index is 423. The molecule has 0 amide bonds. The van der Waals surface area contributed by atoms with E-state index in [-0.39, 0.29) is 11.3 Å². The van der Waals surface area contributed by atoms with E-state index >= 15 is 0 Å². The molecule has 4 nitrogen and oxygen atoms in total. The molecule has 0 bridgehead atoms. The Kier molecular flexibility index (Phi) is 1.96. The molecule has 0 atom stereocenters. The highest BCUT2D eigenvalue weighted by Gasteiger charge is 2.20. The van der Waals surface area contributed by atoms with Crippen LogP contribution in [-0.4, -0.2) is 18.1 Å². The Hall–Kier alpha value is -1.84. The predicted molar refractivity (Wildman–Crippen MR) is 46.9 cm³/mol. The summed E-state index contributed by atoms with van der Waals surface area (Å²) in [5.74, 6) is -0.791. The molecule has 1 aliphatic carbocycles. The normalized spacial score (nSPS) is 14.1. The highest BCUT2D eigenvalue weighted by atomic mass is 16.5. The molecule has 0 N–H and O–H groups in total. The van der Waals surface area contributed by atoms with Gasteiger partial charge in [-0.05, 0) is 17.2 Å². The van der Waals surface area contributed by atoms with Crippen LogP contribution in [0.15, 0.2) is 24.0 Å². The summed E-state index contributed by atoms with van der Waals surface area (Å²) in [6, 6.07) is 1.62. The second-order valence-corrected chi connectivity index (χ2v) is 3.01. The van der Waals surface area contributed by atoms with E-state index in [0.29, 0.717) is 12.0 Å². The first-order chi connectivity index (χ1) is 6.74. The van der Waals surface area contributed by atoms with Gasteiger partial charge in [0.2, 0.25) is 0 Å². The number of carbonyl (C=O) groups is 1. The molecule has 0 aliphatic heterocycles. The van der Waals surface area contributed by atoms with E-state index < -0.39 is 5.97 Å². The second-order valence-electron chi connectivity index (χ2n) is 3.01. The van der Waals surface area contributed by atoms with Gasteiger partial charge in [-0.2, -0.15) is 0 Å². The van der Waals surface area contributed by atoms with Gasteiger partial charge in [-0.25, -0.2) is 4.79 Å². The molecule has 0 fully saturated rings. The minimum atomic E-state index is -0.550. The largest absolute Gasteiger partial charge is 0.872 e. The summed E-state index contributed by atoms with van der Waals surface area (Å²) in [7, 11) is 1.27. The van der Waals surface area contributed by atoms with Gasteiger partial charge >= 0.3 is 5.97 Å². The molecule has 14 heavy (non-hydrogen) atoms. The van der Waals surface area contributed by atoms with E-state index in [9.17, 15) is 9.90 Å². The maximum Gasteiger partial charge on any atom is 0.333 e. The van der Waals surface area contributed by atoms with E-state index in [4.69, 9.17) is 0 Å². The van der Waals surface area contributed by atoms with Crippen LogP contribution in [0.4, 0.5) is 0 Å². The molecule has 0 unspecified atom stereocenters. The molecule has 0 radical (unpaired) electrons. The van der Waals surface area contributed by atoms with Crippen LogP contribution in [-0.2, 0) is 16.0 Å². The molecule has 1 aliphatic rings. The summed E-state index contributed by atoms with van der Waals surface area (Å²) < 4.78 is 4.52. The summed E-state index contributed by atoms with van der Waals surface area (Å²) in [5.41, 5.74) is 1.54. The number of hydrogen-bond donors (Lipinski definition) is 0. The molecule has 0 spiro atoms. The number of pyridine rings is 1. The number of carbonyl (C=O) groups excluding carboxylic acids is 1. The number of nitrogens with zero attached hydrogens (tertiary/aromatic N) is 1. The Labute approximate surface area is 80.8 Å². The molecule has 1 aromatic heterocycles. The third-order valence-corrected chi connectivity index (χ3v) is 2.22. The van der Waals surface area contributed by atoms with E-state index in [1.807, 2.05) is 0 Å². The number of aromatic nitrogens is 1. The lowest BCUT2D eigenvalue weighted by Gasteiger charge is -2.10. The molecule has 0 saturated heterocycles. The second kappa shape index (κ2) is 3.14. The molecule has 4 heteroatoms. The van der Waals surface area contributed by atoms with E-state index in [1.54, 1.807) is 12.3 Å². The van der Waals surface area contributed by atoms with Gasteiger partial charge in [0, 0.05) is 24.4 Å². The molecular formula is C10H8NO3-. The average molecular weight is 190 g/mol. The van der Waals surface area contributed by atoms with E-state index in [2.05, 4.69) is 9.72 Å². The van der Waals surface area contributed by atoms with Crippen molar-refractivity contribution in [2.24, 2.45) is 0 Å². The van der Waals surface area contributed by atoms with Gasteiger partial charge in [0.1, 0.15) is 0 Å². The molecular weight excluding hydrogens is 182 g/mol. The van der Waals surface area contributed by atoms with Gasteiger partial charge in [0.15, 0.2) is 0 Å². The van der Waals surface area contributed by atoms with Crippen molar-refractivity contribution in [2.75, 3.05) is 7.11 Å². The topological polar surface area (TPSA) is 62.2 Å². The summed E-state index contributed by atoms with van der Waals surface area (Å²) in [5, 5.41) is 11.6. The van der Waals surface area contributed by atoms with Crippen molar-refractivity contribution in [3.05, 3.63) is 35.2 Å². The molecule has 0 saturated carbocycles. The van der Waals surface area contributed by atoms with Gasteiger partial charge in [0.05, 0.1) is 7.11 Å². The fourth-order valence-corrected chi connectivity index (χ4v) is 1.51. The first-order valence-electron chi connectivity index (χ1n) is 4.15. The average Bonchev–Trinajstić information content (AvgIpc) is 2.56. The van der Waals surface area contributed by atoms with Crippen LogP contribution < -0.4 is 5.11 Å². The van der Waals surface area contributed by atoms with Gasteiger partial charge < -0.3 is 9.84 Å². The third-order valence-electron chi connectivity index (χ3n) is 2.22. The zero-order chi connectivity index (χ0) is 10.1. The lowest BCUT2D eigenvalue weighted by atomic mass is 10.1. The zero-order valence-corrected chi connectivity index (χ0v) is 7.61. The van der Waals surface area contributed by atoms with Gasteiger partial charge in [-0.1, -0.05) is 5.76 Å². The predicted octanol–water partition coefficient (Wildman–Crippen LogP) is -0.118. The third kappa shape index (κ3) is 1.16. The van der Waals surface area contributed by atoms with Crippen molar-refractivity contribution < 1.29 is 14.6 Å². The van der Waals surface area contributed by atoms with E-state index in [0.717, 1.165) is 5.56 Å². The first-order valence-corrected chi connectivity index (χ1v) is 4.15. The number of hydrogen-bond acceptors (Lipinski definition) is 4. The van der Waals surface area contributed by atoms with Crippen molar-refractivity contribution in [3.8, 4) is 0 Å². The molecule has 1 aromatic rings. The number of ether oxygens (including phenoxy) is 1. The van der Waals surface area contributed by atoms with E-state index in [1.165, 1.54) is 13.3 Å². The standard InChI is InChI=1S/C10H9NO3/c1-14-10(13)8-4-6-5-11-3-2-7(6)9(8)12/h2-3,5,12H,4H2,1H3/p-1. The highest BCUT2D eigenvalue weighted by molar-refractivity contribution is 5.98. The zero-order valence-electron chi connectivity index (χ0n) is 7.61. The van der Waals surface area contributed by atoms with Crippen molar-refractivity contribution in [3.63, 3.8) is 0 Å². The lowest BCUT2D eigenvalue weighted by molar-refractivity contribution is -0.244. The highest BCUT2D eigenvalue weighted by Crippen LogP contribution is 2.28. The van der Waals surface area contributed by atoms with Crippen molar-refractivity contribution in [1.82, 2.24) is 4.98 Å². The maximum atomic E-state index is 11.6. The summed E-state index contributed by atoms with van der Waals surface area (Å²) in [4.78, 5) is 15.1. The van der Waals surface area contributed by atoms with Crippen LogP contribution in [0.1, 0.15) is 11.1 Å². The Balaban J connectivity index is 2.44. The van der Waals surface area contributed by atoms with Gasteiger partial charge in [-0.15, -0.1) is 0 Å². The number of rotatable bonds is 1. The van der Waals surface area contributed by atoms with Crippen LogP contribution >= 0.6 is 0 Å². The molecule has 72 valence electrons. The SMILES string of the molecule is COC(=O)C1=C([O-])c2ccncc2C1. The Morgan fingerprint density at radius 3 is 3.07 bits per heavy atom. The van der Waals surface area contributed by atoms with Crippen molar-refractivity contribution in [1.29, 1.82) is 0 Å². The number of methoxy groups -OCH3 is 1. The molecule has 2 rings (SSSR count). The quantitative estimate of drug-likeness (QED) is 0.579. The lowest BCUT2D eigenvalue weighted by Crippen LogP contribution is -2.10. The Morgan fingerprint density at radius 1 is 1.64 bits per heavy atom. The fraction of sp³-hybridized carbons (Fsp3) is 0.200. The Morgan fingerprint density at radius 2 is 2.43 bits per heavy atom. The molecule has 1 heterocycles. The van der Waals surface area contributed by atoms with Crippen LogP contribution in [0.25, 0.3) is 5.76 Å². The summed E-state index contributed by atoms with van der Waals surface area (Å²) in [6.45, 7) is 0. The van der Waals surface area contributed by atoms with Crippen LogP contribution in [0, 0.1) is 0 Å². The minimum Gasteiger partial charge on any atom is -0.872 e. The summed E-state index contributed by atoms with van der Waals surface area (Å²) >= 11 is 0. The van der Waals surface area contributed by atoms with Crippen LogP contribution in [0.2, 0.25) is 0 Å². The number of esters is 1. The number of fused-ring (bicyclic) bond motifs is 1. The minimum absolute atomic E-state index is 0.190. The molecule has 0 aromatic carbocycles. The smallest absolute Gasteiger partial charge is 0.333 e. The monoisotopic (exact) mass is 190 g/mol. The van der Waals surface area contributed by atoms with Crippen molar-refractivity contribution in [2.45, 2.75) is 6.42 Å². The van der Waals surface area contributed by atoms with Crippen molar-refractivity contribution >= 4 is 11.7 Å². The fourth-order valence-electron chi connectivity index (χ4n) is 1.51. The summed E-state index contributed by atoms with van der Waals surface area (Å²) in [6.07, 6.45) is 3.47. The first kappa shape index (κ1) is 8.74. The van der Waals surface area contributed by atoms with Crippen LogP contribution in [0.3, 0.4) is 0 Å². The van der Waals surface area contributed by atoms with Gasteiger partial charge in [-0.3, -0.25) is 4.98 Å². The van der Waals surface area contributed by atoms with Gasteiger partial charge in [0.25, 0.3) is 0 Å². The maximum absolute atomic E-state index is 11.6. The van der Waals surface area contributed by atoms with Crippen LogP contribution in [0.5, 0.6) is 0 Å².